The fourth-order valence-electron chi connectivity index (χ4n) is 3.32. The van der Waals surface area contributed by atoms with Gasteiger partial charge < -0.3 is 10.1 Å². The van der Waals surface area contributed by atoms with Crippen LogP contribution in [0, 0.1) is 5.92 Å². The summed E-state index contributed by atoms with van der Waals surface area (Å²) < 4.78 is 5.66. The normalized spacial score (nSPS) is 34.7. The van der Waals surface area contributed by atoms with E-state index in [4.69, 9.17) is 4.74 Å². The molecule has 94 valence electrons. The van der Waals surface area contributed by atoms with Gasteiger partial charge in [-0.1, -0.05) is 19.8 Å². The monoisotopic (exact) mass is 225 g/mol. The lowest BCUT2D eigenvalue weighted by Gasteiger charge is -2.13. The van der Waals surface area contributed by atoms with Crippen LogP contribution in [0.5, 0.6) is 0 Å². The summed E-state index contributed by atoms with van der Waals surface area (Å²) in [5.74, 6) is 0.991. The zero-order valence-electron chi connectivity index (χ0n) is 10.7. The number of hydrogen-bond donors (Lipinski definition) is 1. The van der Waals surface area contributed by atoms with Crippen molar-refractivity contribution in [1.29, 1.82) is 0 Å². The molecule has 0 radical (unpaired) electrons. The van der Waals surface area contributed by atoms with Gasteiger partial charge in [0.2, 0.25) is 0 Å². The molecular formula is C14H27NO. The number of nitrogens with one attached hydrogen (secondary N) is 1. The second kappa shape index (κ2) is 6.61. The molecular weight excluding hydrogens is 198 g/mol. The fraction of sp³-hybridized carbons (Fsp3) is 1.00. The van der Waals surface area contributed by atoms with Crippen molar-refractivity contribution in [1.82, 2.24) is 5.32 Å². The van der Waals surface area contributed by atoms with E-state index in [-0.39, 0.29) is 0 Å². The van der Waals surface area contributed by atoms with Gasteiger partial charge in [0, 0.05) is 12.6 Å². The molecule has 3 atom stereocenters. The lowest BCUT2D eigenvalue weighted by atomic mass is 9.98. The van der Waals surface area contributed by atoms with E-state index < -0.39 is 0 Å². The minimum absolute atomic E-state index is 0.603. The summed E-state index contributed by atoms with van der Waals surface area (Å²) in [5.41, 5.74) is 0. The third-order valence-corrected chi connectivity index (χ3v) is 4.20. The molecule has 0 spiro atoms. The summed E-state index contributed by atoms with van der Waals surface area (Å²) in [4.78, 5) is 0. The van der Waals surface area contributed by atoms with Crippen molar-refractivity contribution in [3.05, 3.63) is 0 Å². The third-order valence-electron chi connectivity index (χ3n) is 4.20. The predicted octanol–water partition coefficient (Wildman–Crippen LogP) is 3.11. The highest BCUT2D eigenvalue weighted by molar-refractivity contribution is 4.80. The van der Waals surface area contributed by atoms with E-state index in [2.05, 4.69) is 12.2 Å². The number of rotatable bonds is 6. The van der Waals surface area contributed by atoms with Crippen LogP contribution in [0.15, 0.2) is 0 Å². The molecule has 1 saturated heterocycles. The molecule has 2 nitrogen and oxygen atoms in total. The maximum absolute atomic E-state index is 5.66. The largest absolute Gasteiger partial charge is 0.378 e. The highest BCUT2D eigenvalue weighted by Gasteiger charge is 2.24. The lowest BCUT2D eigenvalue weighted by Crippen LogP contribution is -2.25. The minimum atomic E-state index is 0.603. The highest BCUT2D eigenvalue weighted by Crippen LogP contribution is 2.30. The minimum Gasteiger partial charge on any atom is -0.378 e. The molecule has 1 N–H and O–H groups in total. The Labute approximate surface area is 100 Å². The molecule has 1 heterocycles. The van der Waals surface area contributed by atoms with Crippen molar-refractivity contribution in [2.75, 3.05) is 13.2 Å². The van der Waals surface area contributed by atoms with Gasteiger partial charge in [-0.05, 0) is 51.0 Å². The van der Waals surface area contributed by atoms with E-state index in [1.165, 1.54) is 51.4 Å². The molecule has 0 bridgehead atoms. The Balaban J connectivity index is 1.53. The summed E-state index contributed by atoms with van der Waals surface area (Å²) >= 11 is 0. The highest BCUT2D eigenvalue weighted by atomic mass is 16.5. The Kier molecular flexibility index (Phi) is 5.11. The van der Waals surface area contributed by atoms with Gasteiger partial charge >= 0.3 is 0 Å². The van der Waals surface area contributed by atoms with Crippen LogP contribution < -0.4 is 5.32 Å². The van der Waals surface area contributed by atoms with Gasteiger partial charge in [-0.15, -0.1) is 0 Å². The second-order valence-electron chi connectivity index (χ2n) is 5.50. The van der Waals surface area contributed by atoms with Crippen molar-refractivity contribution in [2.24, 2.45) is 5.92 Å². The first-order valence-corrected chi connectivity index (χ1v) is 7.23. The molecule has 2 aliphatic rings. The van der Waals surface area contributed by atoms with Crippen molar-refractivity contribution < 1.29 is 4.74 Å². The first kappa shape index (κ1) is 12.4. The van der Waals surface area contributed by atoms with Crippen LogP contribution in [0.3, 0.4) is 0 Å². The Morgan fingerprint density at radius 1 is 1.19 bits per heavy atom. The van der Waals surface area contributed by atoms with Gasteiger partial charge in [-0.2, -0.15) is 0 Å². The Hall–Kier alpha value is -0.0800. The summed E-state index contributed by atoms with van der Waals surface area (Å²) in [6.07, 6.45) is 11.6. The molecule has 0 aromatic carbocycles. The lowest BCUT2D eigenvalue weighted by molar-refractivity contribution is 0.101. The van der Waals surface area contributed by atoms with Crippen molar-refractivity contribution >= 4 is 0 Å². The van der Waals surface area contributed by atoms with E-state index in [1.807, 2.05) is 0 Å². The number of ether oxygens (including phenoxy) is 1. The Morgan fingerprint density at radius 2 is 2.12 bits per heavy atom. The van der Waals surface area contributed by atoms with Crippen LogP contribution in [0.1, 0.15) is 58.3 Å². The van der Waals surface area contributed by atoms with Gasteiger partial charge in [0.05, 0.1) is 6.10 Å². The van der Waals surface area contributed by atoms with E-state index in [0.29, 0.717) is 6.10 Å². The molecule has 2 rings (SSSR count). The maximum atomic E-state index is 5.66. The summed E-state index contributed by atoms with van der Waals surface area (Å²) in [7, 11) is 0. The first-order valence-electron chi connectivity index (χ1n) is 7.23. The van der Waals surface area contributed by atoms with Crippen LogP contribution >= 0.6 is 0 Å². The van der Waals surface area contributed by atoms with Gasteiger partial charge in [0.25, 0.3) is 0 Å². The van der Waals surface area contributed by atoms with Crippen molar-refractivity contribution in [3.63, 3.8) is 0 Å². The average molecular weight is 225 g/mol. The first-order chi connectivity index (χ1) is 7.88. The number of hydrogen-bond acceptors (Lipinski definition) is 2. The molecule has 0 amide bonds. The molecule has 1 aliphatic carbocycles. The zero-order chi connectivity index (χ0) is 11.2. The van der Waals surface area contributed by atoms with Gasteiger partial charge in [-0.3, -0.25) is 0 Å². The Morgan fingerprint density at radius 3 is 2.88 bits per heavy atom. The SMILES string of the molecule is CCNC1CCC(CCCC2CCCO2)C1. The summed E-state index contributed by atoms with van der Waals surface area (Å²) in [5, 5.41) is 3.58. The maximum Gasteiger partial charge on any atom is 0.0576 e. The fourth-order valence-corrected chi connectivity index (χ4v) is 3.32. The van der Waals surface area contributed by atoms with Crippen LogP contribution in [0.2, 0.25) is 0 Å². The molecule has 0 aromatic rings. The van der Waals surface area contributed by atoms with Crippen LogP contribution in [0.25, 0.3) is 0 Å². The Bertz CT molecular complexity index is 189. The molecule has 2 heteroatoms. The zero-order valence-corrected chi connectivity index (χ0v) is 10.7. The second-order valence-corrected chi connectivity index (χ2v) is 5.50. The van der Waals surface area contributed by atoms with Crippen LogP contribution in [0.4, 0.5) is 0 Å². The smallest absolute Gasteiger partial charge is 0.0576 e. The summed E-state index contributed by atoms with van der Waals surface area (Å²) in [6.45, 7) is 4.36. The third kappa shape index (κ3) is 3.74. The van der Waals surface area contributed by atoms with Gasteiger partial charge in [0.15, 0.2) is 0 Å². The van der Waals surface area contributed by atoms with E-state index in [0.717, 1.165) is 25.1 Å². The molecule has 1 aliphatic heterocycles. The standard InChI is InChI=1S/C14H27NO/c1-2-15-13-9-8-12(11-13)5-3-6-14-7-4-10-16-14/h12-15H,2-11H2,1H3. The van der Waals surface area contributed by atoms with Crippen molar-refractivity contribution in [2.45, 2.75) is 70.4 Å². The van der Waals surface area contributed by atoms with Crippen molar-refractivity contribution in [3.8, 4) is 0 Å². The predicted molar refractivity (Wildman–Crippen MR) is 67.6 cm³/mol. The topological polar surface area (TPSA) is 21.3 Å². The van der Waals surface area contributed by atoms with Crippen LogP contribution in [-0.2, 0) is 4.74 Å². The molecule has 1 saturated carbocycles. The van der Waals surface area contributed by atoms with E-state index >= 15 is 0 Å². The van der Waals surface area contributed by atoms with E-state index in [1.54, 1.807) is 0 Å². The van der Waals surface area contributed by atoms with E-state index in [9.17, 15) is 0 Å². The molecule has 2 fully saturated rings. The molecule has 3 unspecified atom stereocenters. The summed E-state index contributed by atoms with van der Waals surface area (Å²) in [6, 6.07) is 0.817. The quantitative estimate of drug-likeness (QED) is 0.750. The van der Waals surface area contributed by atoms with Crippen LogP contribution in [-0.4, -0.2) is 25.3 Å². The van der Waals surface area contributed by atoms with Gasteiger partial charge in [0.1, 0.15) is 0 Å². The molecule has 16 heavy (non-hydrogen) atoms. The average Bonchev–Trinajstić information content (AvgIpc) is 2.90. The van der Waals surface area contributed by atoms with Gasteiger partial charge in [-0.25, -0.2) is 0 Å². The molecule has 0 aromatic heterocycles.